The molecule has 0 radical (unpaired) electrons. The first-order valence-electron chi connectivity index (χ1n) is 6.15. The van der Waals surface area contributed by atoms with Crippen LogP contribution in [0.15, 0.2) is 41.0 Å². The fourth-order valence-corrected chi connectivity index (χ4v) is 2.68. The van der Waals surface area contributed by atoms with Crippen molar-refractivity contribution in [2.75, 3.05) is 0 Å². The molecule has 1 atom stereocenters. The molecule has 0 aliphatic rings. The van der Waals surface area contributed by atoms with Gasteiger partial charge in [0.2, 0.25) is 0 Å². The van der Waals surface area contributed by atoms with Crippen molar-refractivity contribution in [1.29, 1.82) is 5.26 Å². The van der Waals surface area contributed by atoms with Crippen molar-refractivity contribution < 1.29 is 0 Å². The molecule has 2 aromatic rings. The van der Waals surface area contributed by atoms with E-state index in [2.05, 4.69) is 40.3 Å². The SMILES string of the molecule is CC(NCc1cc(C#N)n(C)c1)c1ccccc1Br. The van der Waals surface area contributed by atoms with Gasteiger partial charge in [-0.1, -0.05) is 34.1 Å². The summed E-state index contributed by atoms with van der Waals surface area (Å²) in [5.41, 5.74) is 3.04. The molecule has 0 saturated heterocycles. The summed E-state index contributed by atoms with van der Waals surface area (Å²) in [4.78, 5) is 0. The van der Waals surface area contributed by atoms with Gasteiger partial charge in [0, 0.05) is 30.3 Å². The highest BCUT2D eigenvalue weighted by Crippen LogP contribution is 2.23. The van der Waals surface area contributed by atoms with Gasteiger partial charge < -0.3 is 9.88 Å². The minimum absolute atomic E-state index is 0.251. The Kier molecular flexibility index (Phi) is 4.41. The summed E-state index contributed by atoms with van der Waals surface area (Å²) >= 11 is 3.56. The first kappa shape index (κ1) is 13.9. The van der Waals surface area contributed by atoms with Gasteiger partial charge in [-0.2, -0.15) is 5.26 Å². The van der Waals surface area contributed by atoms with Crippen LogP contribution in [0.2, 0.25) is 0 Å². The number of halogens is 1. The topological polar surface area (TPSA) is 40.8 Å². The number of aryl methyl sites for hydroxylation is 1. The van der Waals surface area contributed by atoms with E-state index in [1.807, 2.05) is 42.1 Å². The second-order valence-electron chi connectivity index (χ2n) is 4.58. The minimum Gasteiger partial charge on any atom is -0.342 e. The number of rotatable bonds is 4. The molecular formula is C15H16BrN3. The summed E-state index contributed by atoms with van der Waals surface area (Å²) in [5.74, 6) is 0. The summed E-state index contributed by atoms with van der Waals surface area (Å²) in [5, 5.41) is 12.4. The van der Waals surface area contributed by atoms with Crippen LogP contribution >= 0.6 is 15.9 Å². The largest absolute Gasteiger partial charge is 0.342 e. The molecule has 0 bridgehead atoms. The Bertz CT molecular complexity index is 610. The molecule has 1 aromatic heterocycles. The van der Waals surface area contributed by atoms with Crippen LogP contribution < -0.4 is 5.32 Å². The van der Waals surface area contributed by atoms with Gasteiger partial charge in [-0.25, -0.2) is 0 Å². The fourth-order valence-electron chi connectivity index (χ4n) is 2.05. The van der Waals surface area contributed by atoms with Crippen LogP contribution in [0.5, 0.6) is 0 Å². The number of benzene rings is 1. The number of nitriles is 1. The zero-order valence-electron chi connectivity index (χ0n) is 11.0. The van der Waals surface area contributed by atoms with Crippen LogP contribution in [-0.2, 0) is 13.6 Å². The average Bonchev–Trinajstić information content (AvgIpc) is 2.77. The van der Waals surface area contributed by atoms with E-state index in [4.69, 9.17) is 5.26 Å². The van der Waals surface area contributed by atoms with Crippen LogP contribution in [-0.4, -0.2) is 4.57 Å². The van der Waals surface area contributed by atoms with Crippen molar-refractivity contribution in [3.63, 3.8) is 0 Å². The second kappa shape index (κ2) is 6.05. The molecule has 1 unspecified atom stereocenters. The van der Waals surface area contributed by atoms with Gasteiger partial charge in [0.25, 0.3) is 0 Å². The quantitative estimate of drug-likeness (QED) is 0.937. The monoisotopic (exact) mass is 317 g/mol. The molecule has 3 nitrogen and oxygen atoms in total. The molecule has 0 spiro atoms. The first-order chi connectivity index (χ1) is 9.11. The van der Waals surface area contributed by atoms with E-state index in [0.29, 0.717) is 5.69 Å². The van der Waals surface area contributed by atoms with Crippen LogP contribution in [0.25, 0.3) is 0 Å². The Morgan fingerprint density at radius 1 is 1.42 bits per heavy atom. The van der Waals surface area contributed by atoms with Crippen LogP contribution in [0, 0.1) is 11.3 Å². The number of nitrogens with zero attached hydrogens (tertiary/aromatic N) is 2. The molecule has 0 aliphatic carbocycles. The number of nitrogens with one attached hydrogen (secondary N) is 1. The van der Waals surface area contributed by atoms with E-state index in [0.717, 1.165) is 16.6 Å². The van der Waals surface area contributed by atoms with Crippen LogP contribution in [0.3, 0.4) is 0 Å². The minimum atomic E-state index is 0.251. The van der Waals surface area contributed by atoms with Crippen LogP contribution in [0.1, 0.15) is 29.8 Å². The maximum Gasteiger partial charge on any atom is 0.120 e. The maximum atomic E-state index is 8.93. The number of hydrogen-bond acceptors (Lipinski definition) is 2. The lowest BCUT2D eigenvalue weighted by molar-refractivity contribution is 0.572. The third-order valence-electron chi connectivity index (χ3n) is 3.16. The summed E-state index contributed by atoms with van der Waals surface area (Å²) in [6, 6.07) is 12.5. The molecule has 0 saturated carbocycles. The Balaban J connectivity index is 2.03. The highest BCUT2D eigenvalue weighted by atomic mass is 79.9. The Morgan fingerprint density at radius 3 is 2.79 bits per heavy atom. The predicted molar refractivity (Wildman–Crippen MR) is 79.5 cm³/mol. The number of hydrogen-bond donors (Lipinski definition) is 1. The van der Waals surface area contributed by atoms with Crippen molar-refractivity contribution in [3.8, 4) is 6.07 Å². The normalized spacial score (nSPS) is 12.1. The summed E-state index contributed by atoms with van der Waals surface area (Å²) < 4.78 is 2.96. The lowest BCUT2D eigenvalue weighted by atomic mass is 10.1. The van der Waals surface area contributed by atoms with Crippen molar-refractivity contribution in [3.05, 3.63) is 57.8 Å². The van der Waals surface area contributed by atoms with E-state index in [1.54, 1.807) is 0 Å². The Labute approximate surface area is 122 Å². The highest BCUT2D eigenvalue weighted by Gasteiger charge is 2.09. The second-order valence-corrected chi connectivity index (χ2v) is 5.43. The van der Waals surface area contributed by atoms with E-state index >= 15 is 0 Å². The lowest BCUT2D eigenvalue weighted by Gasteiger charge is -2.15. The molecule has 4 heteroatoms. The van der Waals surface area contributed by atoms with Crippen molar-refractivity contribution in [2.45, 2.75) is 19.5 Å². The van der Waals surface area contributed by atoms with Gasteiger partial charge in [0.15, 0.2) is 0 Å². The standard InChI is InChI=1S/C15H16BrN3/c1-11(14-5-3-4-6-15(14)16)18-9-12-7-13(8-17)19(2)10-12/h3-7,10-11,18H,9H2,1-2H3. The molecule has 1 heterocycles. The molecule has 0 amide bonds. The zero-order chi connectivity index (χ0) is 13.8. The smallest absolute Gasteiger partial charge is 0.120 e. The van der Waals surface area contributed by atoms with Gasteiger partial charge in [-0.05, 0) is 30.2 Å². The molecular weight excluding hydrogens is 302 g/mol. The Morgan fingerprint density at radius 2 is 2.16 bits per heavy atom. The van der Waals surface area contributed by atoms with Gasteiger partial charge in [0.1, 0.15) is 11.8 Å². The highest BCUT2D eigenvalue weighted by molar-refractivity contribution is 9.10. The Hall–Kier alpha value is -1.57. The molecule has 1 aromatic carbocycles. The van der Waals surface area contributed by atoms with E-state index < -0.39 is 0 Å². The molecule has 19 heavy (non-hydrogen) atoms. The van der Waals surface area contributed by atoms with Crippen molar-refractivity contribution in [2.24, 2.45) is 7.05 Å². The summed E-state index contributed by atoms with van der Waals surface area (Å²) in [6.45, 7) is 2.88. The van der Waals surface area contributed by atoms with Crippen molar-refractivity contribution >= 4 is 15.9 Å². The maximum absolute atomic E-state index is 8.93. The van der Waals surface area contributed by atoms with E-state index in [-0.39, 0.29) is 6.04 Å². The zero-order valence-corrected chi connectivity index (χ0v) is 12.6. The van der Waals surface area contributed by atoms with E-state index in [9.17, 15) is 0 Å². The third kappa shape index (κ3) is 3.25. The van der Waals surface area contributed by atoms with Crippen molar-refractivity contribution in [1.82, 2.24) is 9.88 Å². The van der Waals surface area contributed by atoms with Gasteiger partial charge in [0.05, 0.1) is 0 Å². The van der Waals surface area contributed by atoms with E-state index in [1.165, 1.54) is 5.56 Å². The van der Waals surface area contributed by atoms with Crippen LogP contribution in [0.4, 0.5) is 0 Å². The molecule has 0 aliphatic heterocycles. The predicted octanol–water partition coefficient (Wildman–Crippen LogP) is 3.51. The summed E-state index contributed by atoms with van der Waals surface area (Å²) in [6.07, 6.45) is 1.98. The number of aromatic nitrogens is 1. The molecule has 2 rings (SSSR count). The third-order valence-corrected chi connectivity index (χ3v) is 3.88. The average molecular weight is 318 g/mol. The molecule has 0 fully saturated rings. The molecule has 1 N–H and O–H groups in total. The van der Waals surface area contributed by atoms with Gasteiger partial charge in [-0.15, -0.1) is 0 Å². The van der Waals surface area contributed by atoms with Gasteiger partial charge in [-0.3, -0.25) is 0 Å². The lowest BCUT2D eigenvalue weighted by Crippen LogP contribution is -2.18. The molecule has 98 valence electrons. The summed E-state index contributed by atoms with van der Waals surface area (Å²) in [7, 11) is 1.89. The van der Waals surface area contributed by atoms with Gasteiger partial charge >= 0.3 is 0 Å². The first-order valence-corrected chi connectivity index (χ1v) is 6.94. The fraction of sp³-hybridized carbons (Fsp3) is 0.267.